The Hall–Kier alpha value is -4.20. The van der Waals surface area contributed by atoms with E-state index in [1.54, 1.807) is 44.2 Å². The number of ketones is 1. The van der Waals surface area contributed by atoms with Crippen molar-refractivity contribution in [2.75, 3.05) is 13.2 Å². The third-order valence-electron chi connectivity index (χ3n) is 8.03. The van der Waals surface area contributed by atoms with Gasteiger partial charge in [-0.1, -0.05) is 55.2 Å². The fourth-order valence-electron chi connectivity index (χ4n) is 5.45. The molecule has 1 aliphatic heterocycles. The summed E-state index contributed by atoms with van der Waals surface area (Å²) in [6.07, 6.45) is 0.809. The van der Waals surface area contributed by atoms with Crippen LogP contribution in [0.2, 0.25) is 10.0 Å². The van der Waals surface area contributed by atoms with Crippen molar-refractivity contribution >= 4 is 58.6 Å². The van der Waals surface area contributed by atoms with Crippen molar-refractivity contribution in [2.24, 2.45) is 5.92 Å². The molecule has 1 fully saturated rings. The number of phenols is 1. The van der Waals surface area contributed by atoms with Gasteiger partial charge >= 0.3 is 5.97 Å². The Morgan fingerprint density at radius 1 is 0.939 bits per heavy atom. The lowest BCUT2D eigenvalue weighted by Gasteiger charge is -2.38. The number of Topliss-reactive ketones (excluding diaryl/α,β-unsaturated/α-hetero) is 1. The number of nitrogens with zero attached hydrogens (tertiary/aromatic N) is 1. The molecular formula is C34H42Cl2N4O9. The lowest BCUT2D eigenvalue weighted by molar-refractivity contribution is -0.147. The summed E-state index contributed by atoms with van der Waals surface area (Å²) in [5.74, 6) is -4.71. The molecule has 0 aliphatic carbocycles. The predicted molar refractivity (Wildman–Crippen MR) is 181 cm³/mol. The number of aromatic hydroxyl groups is 1. The van der Waals surface area contributed by atoms with Crippen molar-refractivity contribution in [3.05, 3.63) is 63.6 Å². The van der Waals surface area contributed by atoms with E-state index in [1.165, 1.54) is 24.0 Å². The number of likely N-dealkylation sites (tertiary alicyclic amines) is 1. The molecule has 49 heavy (non-hydrogen) atoms. The highest BCUT2D eigenvalue weighted by atomic mass is 35.5. The van der Waals surface area contributed by atoms with Gasteiger partial charge < -0.3 is 35.8 Å². The Balaban J connectivity index is 1.72. The Labute approximate surface area is 294 Å². The lowest BCUT2D eigenvalue weighted by Crippen LogP contribution is -2.61. The molecule has 15 heteroatoms. The number of aliphatic carboxylic acids is 1. The fourth-order valence-corrected chi connectivity index (χ4v) is 5.96. The third-order valence-corrected chi connectivity index (χ3v) is 8.73. The number of nitrogens with one attached hydrogen (secondary N) is 3. The first kappa shape index (κ1) is 39.2. The Morgan fingerprint density at radius 2 is 1.59 bits per heavy atom. The van der Waals surface area contributed by atoms with Crippen LogP contribution in [0.5, 0.6) is 5.75 Å². The topological polar surface area (TPSA) is 191 Å². The summed E-state index contributed by atoms with van der Waals surface area (Å²) in [5, 5.41) is 27.6. The summed E-state index contributed by atoms with van der Waals surface area (Å²) in [7, 11) is 0. The zero-order valence-corrected chi connectivity index (χ0v) is 29.1. The molecule has 266 valence electrons. The van der Waals surface area contributed by atoms with Gasteiger partial charge in [-0.05, 0) is 55.0 Å². The molecule has 13 nitrogen and oxygen atoms in total. The van der Waals surface area contributed by atoms with E-state index in [4.69, 9.17) is 27.9 Å². The first-order chi connectivity index (χ1) is 23.2. The van der Waals surface area contributed by atoms with Crippen LogP contribution in [-0.2, 0) is 46.5 Å². The first-order valence-corrected chi connectivity index (χ1v) is 16.6. The van der Waals surface area contributed by atoms with Gasteiger partial charge in [0.1, 0.15) is 36.5 Å². The fraction of sp³-hybridized carbons (Fsp3) is 0.471. The number of phenolic OH excluding ortho intramolecular Hbond substituents is 1. The van der Waals surface area contributed by atoms with E-state index < -0.39 is 78.5 Å². The number of carbonyl (C=O) groups excluding carboxylic acids is 5. The van der Waals surface area contributed by atoms with E-state index >= 15 is 0 Å². The SMILES string of the molecule is CC(=O)N[C@@H](Cc1ccc(O)cc1)C(=O)N[C@H](C(=O)N1CCCCC1C(=O)N[C@@H](CC(=O)O)C(=O)COCc1c(Cl)cccc1Cl)C(C)C. The highest BCUT2D eigenvalue weighted by Gasteiger charge is 2.39. The molecule has 1 heterocycles. The molecule has 1 unspecified atom stereocenters. The second-order valence-electron chi connectivity index (χ2n) is 12.2. The van der Waals surface area contributed by atoms with Crippen LogP contribution in [0.15, 0.2) is 42.5 Å². The average molecular weight is 722 g/mol. The standard InChI is InChI=1S/C34H42Cl2N4O9/c1-19(2)31(39-32(46)27(37-20(3)41)15-21-10-12-22(42)13-11-21)34(48)40-14-5-4-9-28(40)33(47)38-26(16-30(44)45)29(43)18-49-17-23-24(35)7-6-8-25(23)36/h6-8,10-13,19,26-28,31,42H,4-5,9,14-18H2,1-3H3,(H,37,41)(H,38,47)(H,39,46)(H,44,45)/t26-,27-,28?,31-/m0/s1. The lowest BCUT2D eigenvalue weighted by atomic mass is 9.95. The summed E-state index contributed by atoms with van der Waals surface area (Å²) < 4.78 is 5.47. The minimum atomic E-state index is -1.44. The van der Waals surface area contributed by atoms with Crippen molar-refractivity contribution in [1.29, 1.82) is 0 Å². The van der Waals surface area contributed by atoms with Crippen molar-refractivity contribution in [3.63, 3.8) is 0 Å². The van der Waals surface area contributed by atoms with Gasteiger partial charge in [0.2, 0.25) is 23.6 Å². The van der Waals surface area contributed by atoms with Gasteiger partial charge in [-0.25, -0.2) is 0 Å². The van der Waals surface area contributed by atoms with E-state index in [1.807, 2.05) is 0 Å². The van der Waals surface area contributed by atoms with Crippen molar-refractivity contribution < 1.29 is 43.7 Å². The van der Waals surface area contributed by atoms with Gasteiger partial charge in [0.15, 0.2) is 5.78 Å². The average Bonchev–Trinajstić information content (AvgIpc) is 3.04. The quantitative estimate of drug-likeness (QED) is 0.173. The highest BCUT2D eigenvalue weighted by Crippen LogP contribution is 2.25. The highest BCUT2D eigenvalue weighted by molar-refractivity contribution is 6.35. The maximum atomic E-state index is 14.0. The molecule has 1 saturated heterocycles. The van der Waals surface area contributed by atoms with Crippen LogP contribution in [0.4, 0.5) is 0 Å². The number of piperidine rings is 1. The van der Waals surface area contributed by atoms with Gasteiger partial charge in [0.05, 0.1) is 13.0 Å². The second kappa shape index (κ2) is 18.5. The molecule has 1 aliphatic rings. The van der Waals surface area contributed by atoms with Crippen LogP contribution in [0, 0.1) is 5.92 Å². The summed E-state index contributed by atoms with van der Waals surface area (Å²) in [5.41, 5.74) is 1.11. The molecule has 2 aromatic carbocycles. The zero-order valence-electron chi connectivity index (χ0n) is 27.5. The number of benzene rings is 2. The van der Waals surface area contributed by atoms with Gasteiger partial charge in [-0.2, -0.15) is 0 Å². The minimum absolute atomic E-state index is 0.0423. The first-order valence-electron chi connectivity index (χ1n) is 15.9. The number of hydrogen-bond acceptors (Lipinski definition) is 8. The molecule has 0 spiro atoms. The molecule has 0 bridgehead atoms. The van der Waals surface area contributed by atoms with Crippen LogP contribution >= 0.6 is 23.2 Å². The summed E-state index contributed by atoms with van der Waals surface area (Å²) in [4.78, 5) is 79.0. The number of carbonyl (C=O) groups is 6. The predicted octanol–water partition coefficient (Wildman–Crippen LogP) is 3.01. The zero-order chi connectivity index (χ0) is 36.2. The van der Waals surface area contributed by atoms with Crippen LogP contribution < -0.4 is 16.0 Å². The number of halogens is 2. The number of carboxylic acids is 1. The van der Waals surface area contributed by atoms with Crippen molar-refractivity contribution in [2.45, 2.75) is 83.6 Å². The van der Waals surface area contributed by atoms with E-state index in [0.29, 0.717) is 34.0 Å². The number of amides is 4. The normalized spacial score (nSPS) is 16.3. The number of rotatable bonds is 16. The van der Waals surface area contributed by atoms with Crippen LogP contribution in [0.3, 0.4) is 0 Å². The molecule has 0 radical (unpaired) electrons. The van der Waals surface area contributed by atoms with E-state index in [-0.39, 0.29) is 31.7 Å². The molecular weight excluding hydrogens is 679 g/mol. The molecule has 2 aromatic rings. The Morgan fingerprint density at radius 3 is 2.18 bits per heavy atom. The monoisotopic (exact) mass is 720 g/mol. The van der Waals surface area contributed by atoms with Crippen LogP contribution in [-0.4, -0.2) is 87.8 Å². The minimum Gasteiger partial charge on any atom is -0.508 e. The molecule has 4 atom stereocenters. The molecule has 5 N–H and O–H groups in total. The largest absolute Gasteiger partial charge is 0.508 e. The molecule has 0 aromatic heterocycles. The summed E-state index contributed by atoms with van der Waals surface area (Å²) in [6.45, 7) is 4.26. The number of ether oxygens (including phenoxy) is 1. The summed E-state index contributed by atoms with van der Waals surface area (Å²) >= 11 is 12.3. The van der Waals surface area contributed by atoms with E-state index in [0.717, 1.165) is 0 Å². The molecule has 3 rings (SSSR count). The van der Waals surface area contributed by atoms with Gasteiger partial charge in [-0.3, -0.25) is 28.8 Å². The van der Waals surface area contributed by atoms with Gasteiger partial charge in [0, 0.05) is 35.5 Å². The van der Waals surface area contributed by atoms with Gasteiger partial charge in [0.25, 0.3) is 0 Å². The van der Waals surface area contributed by atoms with Gasteiger partial charge in [-0.15, -0.1) is 0 Å². The second-order valence-corrected chi connectivity index (χ2v) is 13.0. The summed E-state index contributed by atoms with van der Waals surface area (Å²) in [6, 6.07) is 6.42. The third kappa shape index (κ3) is 11.7. The Bertz CT molecular complexity index is 1500. The van der Waals surface area contributed by atoms with Crippen LogP contribution in [0.25, 0.3) is 0 Å². The van der Waals surface area contributed by atoms with Crippen molar-refractivity contribution in [3.8, 4) is 5.75 Å². The van der Waals surface area contributed by atoms with Crippen LogP contribution in [0.1, 0.15) is 57.6 Å². The maximum Gasteiger partial charge on any atom is 0.305 e. The van der Waals surface area contributed by atoms with Crippen molar-refractivity contribution in [1.82, 2.24) is 20.9 Å². The molecule has 0 saturated carbocycles. The van der Waals surface area contributed by atoms with E-state index in [9.17, 15) is 39.0 Å². The van der Waals surface area contributed by atoms with E-state index in [2.05, 4.69) is 16.0 Å². The molecule has 4 amide bonds. The Kier molecular flexibility index (Phi) is 14.8. The number of hydrogen-bond donors (Lipinski definition) is 5. The number of carboxylic acid groups (broad SMARTS) is 1. The maximum absolute atomic E-state index is 14.0. The smallest absolute Gasteiger partial charge is 0.305 e.